The summed E-state index contributed by atoms with van der Waals surface area (Å²) >= 11 is 0. The number of hydrogen-bond donors (Lipinski definition) is 1. The minimum Gasteiger partial charge on any atom is -0.339 e. The maximum Gasteiger partial charge on any atom is 0.257 e. The lowest BCUT2D eigenvalue weighted by atomic mass is 9.93. The van der Waals surface area contributed by atoms with E-state index in [9.17, 15) is 13.2 Å². The van der Waals surface area contributed by atoms with E-state index in [0.717, 1.165) is 44.5 Å². The number of sulfonamides is 1. The maximum absolute atomic E-state index is 13.1. The van der Waals surface area contributed by atoms with Crippen molar-refractivity contribution in [2.24, 2.45) is 7.05 Å². The Morgan fingerprint density at radius 3 is 2.61 bits per heavy atom. The molecule has 0 radical (unpaired) electrons. The number of aryl methyl sites for hydroxylation is 1. The van der Waals surface area contributed by atoms with Gasteiger partial charge in [0, 0.05) is 39.1 Å². The molecule has 2 fully saturated rings. The van der Waals surface area contributed by atoms with E-state index in [2.05, 4.69) is 15.3 Å². The first-order valence-electron chi connectivity index (χ1n) is 9.71. The highest BCUT2D eigenvalue weighted by atomic mass is 32.2. The summed E-state index contributed by atoms with van der Waals surface area (Å²) in [4.78, 5) is 14.9. The van der Waals surface area contributed by atoms with Gasteiger partial charge in [-0.2, -0.15) is 14.5 Å². The highest BCUT2D eigenvalue weighted by Gasteiger charge is 2.35. The second-order valence-electron chi connectivity index (χ2n) is 7.62. The molecule has 0 bridgehead atoms. The first-order valence-corrected chi connectivity index (χ1v) is 11.1. The molecule has 1 amide bonds. The van der Waals surface area contributed by atoms with Crippen molar-refractivity contribution in [2.45, 2.75) is 43.4 Å². The summed E-state index contributed by atoms with van der Waals surface area (Å²) in [7, 11) is -1.89. The van der Waals surface area contributed by atoms with Gasteiger partial charge in [-0.05, 0) is 32.6 Å². The summed E-state index contributed by atoms with van der Waals surface area (Å²) < 4.78 is 29.3. The minimum absolute atomic E-state index is 0.00988. The molecule has 4 rings (SSSR count). The number of carbonyl (C=O) groups excluding carboxylic acids is 1. The summed E-state index contributed by atoms with van der Waals surface area (Å²) in [6, 6.07) is 0. The van der Waals surface area contributed by atoms with E-state index < -0.39 is 10.0 Å². The van der Waals surface area contributed by atoms with Gasteiger partial charge in [0.05, 0.1) is 29.3 Å². The Morgan fingerprint density at radius 1 is 1.18 bits per heavy atom. The number of nitrogens with one attached hydrogen (secondary N) is 1. The van der Waals surface area contributed by atoms with Gasteiger partial charge in [0.15, 0.2) is 0 Å². The Labute approximate surface area is 164 Å². The third kappa shape index (κ3) is 3.24. The lowest BCUT2D eigenvalue weighted by molar-refractivity contribution is 0.0791. The van der Waals surface area contributed by atoms with Crippen LogP contribution in [0.3, 0.4) is 0 Å². The fraction of sp³-hybridized carbons (Fsp3) is 0.611. The fourth-order valence-electron chi connectivity index (χ4n) is 4.14. The second-order valence-corrected chi connectivity index (χ2v) is 9.52. The number of piperidine rings is 1. The molecule has 0 aromatic carbocycles. The normalized spacial score (nSPS) is 21.4. The van der Waals surface area contributed by atoms with Crippen LogP contribution in [0.2, 0.25) is 0 Å². The van der Waals surface area contributed by atoms with Gasteiger partial charge < -0.3 is 4.90 Å². The van der Waals surface area contributed by atoms with Crippen molar-refractivity contribution in [1.29, 1.82) is 0 Å². The smallest absolute Gasteiger partial charge is 0.257 e. The summed E-state index contributed by atoms with van der Waals surface area (Å²) in [5.74, 6) is -0.0890. The molecule has 2 aliphatic rings. The van der Waals surface area contributed by atoms with Gasteiger partial charge in [-0.3, -0.25) is 14.6 Å². The molecule has 152 valence electrons. The highest BCUT2D eigenvalue weighted by molar-refractivity contribution is 7.89. The zero-order valence-electron chi connectivity index (χ0n) is 16.3. The van der Waals surface area contributed by atoms with Crippen LogP contribution in [-0.2, 0) is 17.1 Å². The predicted molar refractivity (Wildman–Crippen MR) is 102 cm³/mol. The zero-order valence-corrected chi connectivity index (χ0v) is 17.1. The molecular formula is C18H26N6O3S. The van der Waals surface area contributed by atoms with Crippen LogP contribution >= 0.6 is 0 Å². The number of carbonyl (C=O) groups is 1. The van der Waals surface area contributed by atoms with Gasteiger partial charge >= 0.3 is 0 Å². The van der Waals surface area contributed by atoms with Crippen LogP contribution in [0.15, 0.2) is 17.3 Å². The van der Waals surface area contributed by atoms with Crippen molar-refractivity contribution < 1.29 is 13.2 Å². The largest absolute Gasteiger partial charge is 0.339 e. The quantitative estimate of drug-likeness (QED) is 0.823. The topological polar surface area (TPSA) is 104 Å². The van der Waals surface area contributed by atoms with E-state index in [4.69, 9.17) is 0 Å². The molecule has 1 atom stereocenters. The molecule has 0 aliphatic carbocycles. The standard InChI is InChI=1S/C18H26N6O3S/c1-13-16(11-20-22(13)2)28(26,27)24-9-5-6-14(12-24)17-15(10-19-21-17)18(25)23-7-3-4-8-23/h10-11,14H,3-9,12H2,1-2H3,(H,19,21)/t14-/m0/s1. The Morgan fingerprint density at radius 2 is 1.93 bits per heavy atom. The molecular weight excluding hydrogens is 380 g/mol. The summed E-state index contributed by atoms with van der Waals surface area (Å²) in [6.45, 7) is 4.10. The molecule has 4 heterocycles. The molecule has 2 saturated heterocycles. The van der Waals surface area contributed by atoms with Crippen molar-refractivity contribution in [1.82, 2.24) is 29.2 Å². The monoisotopic (exact) mass is 406 g/mol. The van der Waals surface area contributed by atoms with Gasteiger partial charge in [0.2, 0.25) is 10.0 Å². The van der Waals surface area contributed by atoms with Crippen LogP contribution in [0.1, 0.15) is 53.3 Å². The molecule has 2 aromatic rings. The van der Waals surface area contributed by atoms with Crippen molar-refractivity contribution in [3.05, 3.63) is 29.3 Å². The molecule has 0 unspecified atom stereocenters. The van der Waals surface area contributed by atoms with E-state index in [1.807, 2.05) is 4.90 Å². The third-order valence-electron chi connectivity index (χ3n) is 5.89. The van der Waals surface area contributed by atoms with Crippen LogP contribution in [0, 0.1) is 6.92 Å². The minimum atomic E-state index is -3.62. The molecule has 2 aliphatic heterocycles. The summed E-state index contributed by atoms with van der Waals surface area (Å²) in [5.41, 5.74) is 1.94. The molecule has 10 heteroatoms. The van der Waals surface area contributed by atoms with Crippen LogP contribution in [0.5, 0.6) is 0 Å². The average Bonchev–Trinajstić information content (AvgIpc) is 3.43. The van der Waals surface area contributed by atoms with E-state index in [0.29, 0.717) is 24.3 Å². The van der Waals surface area contributed by atoms with Crippen LogP contribution in [0.25, 0.3) is 0 Å². The fourth-order valence-corrected chi connectivity index (χ4v) is 5.85. The van der Waals surface area contributed by atoms with E-state index in [-0.39, 0.29) is 16.7 Å². The molecule has 9 nitrogen and oxygen atoms in total. The number of nitrogens with zero attached hydrogens (tertiary/aromatic N) is 5. The van der Waals surface area contributed by atoms with Gasteiger partial charge in [-0.1, -0.05) is 0 Å². The van der Waals surface area contributed by atoms with Gasteiger partial charge in [0.25, 0.3) is 5.91 Å². The number of H-pyrrole nitrogens is 1. The summed E-state index contributed by atoms with van der Waals surface area (Å²) in [6.07, 6.45) is 6.60. The maximum atomic E-state index is 13.1. The number of likely N-dealkylation sites (tertiary alicyclic amines) is 1. The SMILES string of the molecule is Cc1c(S(=O)(=O)N2CCC[C@H](c3[nH]ncc3C(=O)N3CCCC3)C2)cnn1C. The Hall–Kier alpha value is -2.20. The lowest BCUT2D eigenvalue weighted by Crippen LogP contribution is -2.40. The molecule has 1 N–H and O–H groups in total. The van der Waals surface area contributed by atoms with Crippen LogP contribution < -0.4 is 0 Å². The van der Waals surface area contributed by atoms with Gasteiger partial charge in [0.1, 0.15) is 4.90 Å². The number of hydrogen-bond acceptors (Lipinski definition) is 5. The van der Waals surface area contributed by atoms with Crippen molar-refractivity contribution in [2.75, 3.05) is 26.2 Å². The second kappa shape index (κ2) is 7.32. The Kier molecular flexibility index (Phi) is 5.00. The Balaban J connectivity index is 1.57. The first kappa shape index (κ1) is 19.1. The van der Waals surface area contributed by atoms with Gasteiger partial charge in [-0.25, -0.2) is 8.42 Å². The molecule has 0 saturated carbocycles. The zero-order chi connectivity index (χ0) is 19.9. The number of amides is 1. The Bertz CT molecular complexity index is 973. The third-order valence-corrected chi connectivity index (χ3v) is 7.86. The number of rotatable bonds is 4. The highest BCUT2D eigenvalue weighted by Crippen LogP contribution is 2.32. The van der Waals surface area contributed by atoms with Crippen molar-refractivity contribution in [3.63, 3.8) is 0 Å². The number of aromatic nitrogens is 4. The van der Waals surface area contributed by atoms with Crippen LogP contribution in [0.4, 0.5) is 0 Å². The summed E-state index contributed by atoms with van der Waals surface area (Å²) in [5, 5.41) is 11.1. The van der Waals surface area contributed by atoms with E-state index >= 15 is 0 Å². The van der Waals surface area contributed by atoms with E-state index in [1.165, 1.54) is 10.5 Å². The van der Waals surface area contributed by atoms with Crippen molar-refractivity contribution in [3.8, 4) is 0 Å². The lowest BCUT2D eigenvalue weighted by Gasteiger charge is -2.31. The predicted octanol–water partition coefficient (Wildman–Crippen LogP) is 1.26. The average molecular weight is 407 g/mol. The molecule has 2 aromatic heterocycles. The molecule has 28 heavy (non-hydrogen) atoms. The number of aromatic amines is 1. The van der Waals surface area contributed by atoms with Crippen LogP contribution in [-0.4, -0.2) is 69.7 Å². The van der Waals surface area contributed by atoms with Crippen molar-refractivity contribution >= 4 is 15.9 Å². The van der Waals surface area contributed by atoms with Gasteiger partial charge in [-0.15, -0.1) is 0 Å². The first-order chi connectivity index (χ1) is 13.4. The molecule has 0 spiro atoms. The van der Waals surface area contributed by atoms with E-state index in [1.54, 1.807) is 24.9 Å².